The van der Waals surface area contributed by atoms with Gasteiger partial charge in [-0.15, -0.1) is 0 Å². The number of nitrogens with one attached hydrogen (secondary N) is 1. The minimum atomic E-state index is -0.611. The van der Waals surface area contributed by atoms with E-state index in [9.17, 15) is 9.59 Å². The third kappa shape index (κ3) is 3.16. The van der Waals surface area contributed by atoms with Crippen LogP contribution in [0.15, 0.2) is 12.1 Å². The Balaban J connectivity index is 3.20. The zero-order valence-electron chi connectivity index (χ0n) is 11.0. The van der Waals surface area contributed by atoms with Gasteiger partial charge >= 0.3 is 0 Å². The van der Waals surface area contributed by atoms with Crippen LogP contribution in [0.2, 0.25) is 0 Å². The van der Waals surface area contributed by atoms with Gasteiger partial charge in [-0.1, -0.05) is 32.9 Å². The molecule has 0 saturated carbocycles. The van der Waals surface area contributed by atoms with Gasteiger partial charge in [0.1, 0.15) is 0 Å². The summed E-state index contributed by atoms with van der Waals surface area (Å²) in [4.78, 5) is 21.4. The van der Waals surface area contributed by atoms with Crippen LogP contribution in [0.5, 0.6) is 0 Å². The molecule has 1 aromatic carbocycles. The summed E-state index contributed by atoms with van der Waals surface area (Å²) in [7, 11) is 0. The van der Waals surface area contributed by atoms with Crippen molar-refractivity contribution in [1.29, 1.82) is 0 Å². The number of aldehydes is 1. The van der Waals surface area contributed by atoms with Crippen molar-refractivity contribution < 1.29 is 9.59 Å². The summed E-state index contributed by atoms with van der Waals surface area (Å²) in [5.41, 5.74) is 3.98. The van der Waals surface area contributed by atoms with Crippen LogP contribution in [0, 0.1) is 13.8 Å². The fraction of sp³-hybridized carbons (Fsp3) is 0.429. The standard InChI is InChI=1S/C14H19NO2/c1-9-6-11(14(3,4)5)7-10(2)13(9)15-12(17)8-16/h6-8H,1-5H3,(H,15,17). The molecule has 0 saturated heterocycles. The summed E-state index contributed by atoms with van der Waals surface area (Å²) in [6.45, 7) is 10.3. The highest BCUT2D eigenvalue weighted by Gasteiger charge is 2.16. The van der Waals surface area contributed by atoms with Crippen molar-refractivity contribution in [3.63, 3.8) is 0 Å². The van der Waals surface area contributed by atoms with E-state index >= 15 is 0 Å². The van der Waals surface area contributed by atoms with E-state index in [0.717, 1.165) is 16.8 Å². The third-order valence-electron chi connectivity index (χ3n) is 2.75. The second kappa shape index (κ2) is 4.70. The molecule has 1 aromatic rings. The number of rotatable bonds is 2. The highest BCUT2D eigenvalue weighted by molar-refractivity contribution is 6.29. The van der Waals surface area contributed by atoms with E-state index in [1.165, 1.54) is 5.56 Å². The molecule has 3 heteroatoms. The number of hydrogen-bond donors (Lipinski definition) is 1. The van der Waals surface area contributed by atoms with Gasteiger partial charge < -0.3 is 5.32 Å². The number of carbonyl (C=O) groups is 2. The van der Waals surface area contributed by atoms with E-state index in [1.54, 1.807) is 0 Å². The summed E-state index contributed by atoms with van der Waals surface area (Å²) in [6.07, 6.45) is 0.288. The molecule has 92 valence electrons. The van der Waals surface area contributed by atoms with Crippen LogP contribution in [0.3, 0.4) is 0 Å². The lowest BCUT2D eigenvalue weighted by Crippen LogP contribution is -2.16. The van der Waals surface area contributed by atoms with Gasteiger partial charge in [-0.3, -0.25) is 9.59 Å². The van der Waals surface area contributed by atoms with Gasteiger partial charge in [-0.05, 0) is 36.0 Å². The average Bonchev–Trinajstić information content (AvgIpc) is 2.21. The molecular formula is C14H19NO2. The van der Waals surface area contributed by atoms with E-state index in [0.29, 0.717) is 0 Å². The topological polar surface area (TPSA) is 46.2 Å². The molecule has 3 nitrogen and oxygen atoms in total. The van der Waals surface area contributed by atoms with E-state index in [4.69, 9.17) is 0 Å². The van der Waals surface area contributed by atoms with Crippen LogP contribution < -0.4 is 5.32 Å². The summed E-state index contributed by atoms with van der Waals surface area (Å²) in [6, 6.07) is 4.10. The zero-order valence-corrected chi connectivity index (χ0v) is 11.0. The molecule has 0 bridgehead atoms. The highest BCUT2D eigenvalue weighted by Crippen LogP contribution is 2.29. The number of hydrogen-bond acceptors (Lipinski definition) is 2. The minimum absolute atomic E-state index is 0.0721. The lowest BCUT2D eigenvalue weighted by atomic mass is 9.85. The molecule has 0 heterocycles. The molecule has 0 aliphatic carbocycles. The second-order valence-corrected chi connectivity index (χ2v) is 5.34. The van der Waals surface area contributed by atoms with Gasteiger partial charge in [-0.2, -0.15) is 0 Å². The smallest absolute Gasteiger partial charge is 0.288 e. The van der Waals surface area contributed by atoms with Gasteiger partial charge in [0.2, 0.25) is 6.29 Å². The molecule has 0 radical (unpaired) electrons. The maximum atomic E-state index is 11.1. The van der Waals surface area contributed by atoms with Gasteiger partial charge in [0, 0.05) is 5.69 Å². The SMILES string of the molecule is Cc1cc(C(C)(C)C)cc(C)c1NC(=O)C=O. The Morgan fingerprint density at radius 3 is 2.00 bits per heavy atom. The Morgan fingerprint density at radius 1 is 1.18 bits per heavy atom. The predicted octanol–water partition coefficient (Wildman–Crippen LogP) is 2.74. The second-order valence-electron chi connectivity index (χ2n) is 5.34. The number of aryl methyl sites for hydroxylation is 2. The van der Waals surface area contributed by atoms with Crippen molar-refractivity contribution >= 4 is 17.9 Å². The fourth-order valence-electron chi connectivity index (χ4n) is 1.75. The first kappa shape index (κ1) is 13.4. The number of anilines is 1. The van der Waals surface area contributed by atoms with Crippen molar-refractivity contribution in [1.82, 2.24) is 0 Å². The van der Waals surface area contributed by atoms with E-state index < -0.39 is 5.91 Å². The molecular weight excluding hydrogens is 214 g/mol. The first-order valence-electron chi connectivity index (χ1n) is 5.63. The summed E-state index contributed by atoms with van der Waals surface area (Å²) >= 11 is 0. The number of amides is 1. The van der Waals surface area contributed by atoms with Crippen molar-refractivity contribution in [2.45, 2.75) is 40.0 Å². The lowest BCUT2D eigenvalue weighted by Gasteiger charge is -2.22. The van der Waals surface area contributed by atoms with E-state index in [-0.39, 0.29) is 11.7 Å². The zero-order chi connectivity index (χ0) is 13.2. The molecule has 1 N–H and O–H groups in total. The van der Waals surface area contributed by atoms with Crippen molar-refractivity contribution in [3.8, 4) is 0 Å². The van der Waals surface area contributed by atoms with Crippen LogP contribution >= 0.6 is 0 Å². The summed E-state index contributed by atoms with van der Waals surface area (Å²) in [5, 5.41) is 2.60. The van der Waals surface area contributed by atoms with Gasteiger partial charge in [0.25, 0.3) is 5.91 Å². The normalized spacial score (nSPS) is 11.1. The Morgan fingerprint density at radius 2 is 1.65 bits per heavy atom. The highest BCUT2D eigenvalue weighted by atomic mass is 16.2. The Kier molecular flexibility index (Phi) is 3.71. The summed E-state index contributed by atoms with van der Waals surface area (Å²) < 4.78 is 0. The van der Waals surface area contributed by atoms with Gasteiger partial charge in [-0.25, -0.2) is 0 Å². The van der Waals surface area contributed by atoms with Crippen LogP contribution in [0.4, 0.5) is 5.69 Å². The maximum Gasteiger partial charge on any atom is 0.288 e. The number of carbonyl (C=O) groups excluding carboxylic acids is 2. The van der Waals surface area contributed by atoms with E-state index in [2.05, 4.69) is 26.1 Å². The van der Waals surface area contributed by atoms with Crippen molar-refractivity contribution in [2.75, 3.05) is 5.32 Å². The first-order chi connectivity index (χ1) is 7.75. The Labute approximate surface area is 102 Å². The van der Waals surface area contributed by atoms with Crippen molar-refractivity contribution in [2.24, 2.45) is 0 Å². The summed E-state index contributed by atoms with van der Waals surface area (Å²) in [5.74, 6) is -0.611. The fourth-order valence-corrected chi connectivity index (χ4v) is 1.75. The molecule has 1 amide bonds. The monoisotopic (exact) mass is 233 g/mol. The minimum Gasteiger partial charge on any atom is -0.319 e. The first-order valence-corrected chi connectivity index (χ1v) is 5.63. The molecule has 0 spiro atoms. The van der Waals surface area contributed by atoms with Crippen LogP contribution in [-0.2, 0) is 15.0 Å². The molecule has 0 aliphatic heterocycles. The number of benzene rings is 1. The molecule has 0 aromatic heterocycles. The molecule has 0 unspecified atom stereocenters. The quantitative estimate of drug-likeness (QED) is 0.630. The van der Waals surface area contributed by atoms with E-state index in [1.807, 2.05) is 26.0 Å². The predicted molar refractivity (Wildman–Crippen MR) is 69.3 cm³/mol. The van der Waals surface area contributed by atoms with Crippen LogP contribution in [-0.4, -0.2) is 12.2 Å². The van der Waals surface area contributed by atoms with Gasteiger partial charge in [0.15, 0.2) is 0 Å². The van der Waals surface area contributed by atoms with Crippen molar-refractivity contribution in [3.05, 3.63) is 28.8 Å². The average molecular weight is 233 g/mol. The Bertz CT molecular complexity index is 433. The Hall–Kier alpha value is -1.64. The van der Waals surface area contributed by atoms with Gasteiger partial charge in [0.05, 0.1) is 0 Å². The maximum absolute atomic E-state index is 11.1. The molecule has 17 heavy (non-hydrogen) atoms. The molecule has 0 atom stereocenters. The molecule has 1 rings (SSSR count). The largest absolute Gasteiger partial charge is 0.319 e. The van der Waals surface area contributed by atoms with Crippen LogP contribution in [0.25, 0.3) is 0 Å². The third-order valence-corrected chi connectivity index (χ3v) is 2.75. The lowest BCUT2D eigenvalue weighted by molar-refractivity contribution is -0.127. The molecule has 0 fully saturated rings. The molecule has 0 aliphatic rings. The van der Waals surface area contributed by atoms with Crippen LogP contribution in [0.1, 0.15) is 37.5 Å².